The van der Waals surface area contributed by atoms with Crippen LogP contribution in [0.15, 0.2) is 36.4 Å². The molecule has 164 valence electrons. The van der Waals surface area contributed by atoms with Crippen LogP contribution in [0.3, 0.4) is 0 Å². The van der Waals surface area contributed by atoms with E-state index in [1.54, 1.807) is 0 Å². The number of nitrogens with two attached hydrogens (primary N) is 1. The topological polar surface area (TPSA) is 26.0 Å². The molecule has 0 saturated heterocycles. The van der Waals surface area contributed by atoms with Crippen molar-refractivity contribution in [2.24, 2.45) is 5.73 Å². The third-order valence-electron chi connectivity index (χ3n) is 6.07. The third kappa shape index (κ3) is 9.09. The molecule has 1 atom stereocenters. The molecule has 0 aromatic heterocycles. The molecular weight excluding hydrogens is 374 g/mol. The smallest absolute Gasteiger partial charge is 0.0303 e. The standard InChI is InChI=1S/C27H43N.ClH/c1-3-5-6-7-8-9-10-11-12-13-14-20-26(28)27-24(17-4-2)22-21-23-18-15-16-19-25(23)27;/h15-16,18-19,21-22,26H,3-14,17,20,28H2,1-2H3;1H. The minimum atomic E-state index is 0. The van der Waals surface area contributed by atoms with E-state index in [-0.39, 0.29) is 18.4 Å². The lowest BCUT2D eigenvalue weighted by molar-refractivity contribution is 0.526. The van der Waals surface area contributed by atoms with Crippen molar-refractivity contribution in [3.8, 4) is 0 Å². The summed E-state index contributed by atoms with van der Waals surface area (Å²) in [4.78, 5) is 0. The van der Waals surface area contributed by atoms with Gasteiger partial charge in [-0.3, -0.25) is 0 Å². The maximum atomic E-state index is 6.71. The van der Waals surface area contributed by atoms with Gasteiger partial charge in [0.25, 0.3) is 0 Å². The van der Waals surface area contributed by atoms with Gasteiger partial charge in [0.05, 0.1) is 0 Å². The van der Waals surface area contributed by atoms with E-state index < -0.39 is 0 Å². The first-order valence-electron chi connectivity index (χ1n) is 12.0. The van der Waals surface area contributed by atoms with Gasteiger partial charge in [0.2, 0.25) is 0 Å². The lowest BCUT2D eigenvalue weighted by Crippen LogP contribution is -2.13. The summed E-state index contributed by atoms with van der Waals surface area (Å²) in [5.74, 6) is 0. The van der Waals surface area contributed by atoms with Crippen LogP contribution in [-0.2, 0) is 6.42 Å². The van der Waals surface area contributed by atoms with Crippen LogP contribution in [-0.4, -0.2) is 0 Å². The van der Waals surface area contributed by atoms with Crippen LogP contribution in [0.5, 0.6) is 0 Å². The monoisotopic (exact) mass is 417 g/mol. The molecule has 0 heterocycles. The molecule has 2 N–H and O–H groups in total. The largest absolute Gasteiger partial charge is 0.324 e. The van der Waals surface area contributed by atoms with Crippen molar-refractivity contribution < 1.29 is 0 Å². The molecule has 2 aromatic carbocycles. The molecular formula is C27H44ClN. The molecule has 0 aliphatic carbocycles. The summed E-state index contributed by atoms with van der Waals surface area (Å²) in [5.41, 5.74) is 9.58. The number of rotatable bonds is 15. The van der Waals surface area contributed by atoms with Gasteiger partial charge in [0.1, 0.15) is 0 Å². The van der Waals surface area contributed by atoms with Crippen molar-refractivity contribution in [3.63, 3.8) is 0 Å². The van der Waals surface area contributed by atoms with Crippen molar-refractivity contribution in [3.05, 3.63) is 47.5 Å². The Balaban J connectivity index is 0.00000420. The van der Waals surface area contributed by atoms with Gasteiger partial charge in [0.15, 0.2) is 0 Å². The maximum absolute atomic E-state index is 6.71. The third-order valence-corrected chi connectivity index (χ3v) is 6.07. The zero-order chi connectivity index (χ0) is 20.0. The number of aryl methyl sites for hydroxylation is 1. The molecule has 0 radical (unpaired) electrons. The molecule has 29 heavy (non-hydrogen) atoms. The van der Waals surface area contributed by atoms with Crippen LogP contribution in [0.1, 0.15) is 114 Å². The van der Waals surface area contributed by atoms with Crippen LogP contribution in [0.25, 0.3) is 10.8 Å². The van der Waals surface area contributed by atoms with E-state index in [2.05, 4.69) is 50.2 Å². The van der Waals surface area contributed by atoms with E-state index >= 15 is 0 Å². The van der Waals surface area contributed by atoms with Crippen molar-refractivity contribution in [2.75, 3.05) is 0 Å². The van der Waals surface area contributed by atoms with Crippen LogP contribution >= 0.6 is 12.4 Å². The van der Waals surface area contributed by atoms with Gasteiger partial charge >= 0.3 is 0 Å². The fourth-order valence-electron chi connectivity index (χ4n) is 4.44. The van der Waals surface area contributed by atoms with Crippen LogP contribution in [0.2, 0.25) is 0 Å². The van der Waals surface area contributed by atoms with Crippen molar-refractivity contribution in [1.29, 1.82) is 0 Å². The molecule has 0 amide bonds. The van der Waals surface area contributed by atoms with Gasteiger partial charge in [0, 0.05) is 6.04 Å². The van der Waals surface area contributed by atoms with E-state index in [9.17, 15) is 0 Å². The summed E-state index contributed by atoms with van der Waals surface area (Å²) in [6, 6.07) is 13.5. The summed E-state index contributed by atoms with van der Waals surface area (Å²) >= 11 is 0. The number of unbranched alkanes of at least 4 members (excludes halogenated alkanes) is 10. The number of hydrogen-bond acceptors (Lipinski definition) is 1. The zero-order valence-corrected chi connectivity index (χ0v) is 19.7. The molecule has 0 aliphatic heterocycles. The minimum absolute atomic E-state index is 0. The SMILES string of the molecule is CCCCCCCCCCCCCC(N)c1c(CCC)ccc2ccccc12.Cl. The van der Waals surface area contributed by atoms with E-state index in [0.29, 0.717) is 0 Å². The van der Waals surface area contributed by atoms with Crippen LogP contribution in [0, 0.1) is 0 Å². The molecule has 2 aromatic rings. The summed E-state index contributed by atoms with van der Waals surface area (Å²) in [6.45, 7) is 4.55. The molecule has 2 heteroatoms. The summed E-state index contributed by atoms with van der Waals surface area (Å²) in [7, 11) is 0. The predicted octanol–water partition coefficient (Wildman–Crippen LogP) is 8.92. The van der Waals surface area contributed by atoms with Crippen molar-refractivity contribution in [2.45, 2.75) is 110 Å². The Morgan fingerprint density at radius 2 is 1.28 bits per heavy atom. The van der Waals surface area contributed by atoms with Gasteiger partial charge in [-0.2, -0.15) is 0 Å². The number of halogens is 1. The first kappa shape index (κ1) is 26.0. The average Bonchev–Trinajstić information content (AvgIpc) is 2.72. The number of fused-ring (bicyclic) bond motifs is 1. The highest BCUT2D eigenvalue weighted by atomic mass is 35.5. The highest BCUT2D eigenvalue weighted by Gasteiger charge is 2.14. The fraction of sp³-hybridized carbons (Fsp3) is 0.630. The lowest BCUT2D eigenvalue weighted by atomic mass is 9.89. The second-order valence-corrected chi connectivity index (χ2v) is 8.54. The quantitative estimate of drug-likeness (QED) is 0.287. The first-order valence-corrected chi connectivity index (χ1v) is 12.0. The summed E-state index contributed by atoms with van der Waals surface area (Å²) in [5, 5.41) is 2.69. The Morgan fingerprint density at radius 1 is 0.690 bits per heavy atom. The van der Waals surface area contributed by atoms with Gasteiger partial charge < -0.3 is 5.73 Å². The highest BCUT2D eigenvalue weighted by Crippen LogP contribution is 2.30. The normalized spacial score (nSPS) is 12.1. The van der Waals surface area contributed by atoms with E-state index in [1.807, 2.05) is 0 Å². The van der Waals surface area contributed by atoms with Gasteiger partial charge in [-0.05, 0) is 34.7 Å². The van der Waals surface area contributed by atoms with Crippen molar-refractivity contribution >= 4 is 23.2 Å². The molecule has 0 saturated carbocycles. The summed E-state index contributed by atoms with van der Waals surface area (Å²) in [6.07, 6.45) is 18.7. The second kappa shape index (κ2) is 15.7. The average molecular weight is 418 g/mol. The molecule has 0 fully saturated rings. The van der Waals surface area contributed by atoms with E-state index in [4.69, 9.17) is 5.73 Å². The first-order chi connectivity index (χ1) is 13.8. The van der Waals surface area contributed by atoms with Gasteiger partial charge in [-0.15, -0.1) is 12.4 Å². The maximum Gasteiger partial charge on any atom is 0.0303 e. The van der Waals surface area contributed by atoms with Gasteiger partial charge in [-0.25, -0.2) is 0 Å². The van der Waals surface area contributed by atoms with Crippen molar-refractivity contribution in [1.82, 2.24) is 0 Å². The Morgan fingerprint density at radius 3 is 1.90 bits per heavy atom. The predicted molar refractivity (Wildman–Crippen MR) is 133 cm³/mol. The molecule has 1 unspecified atom stereocenters. The van der Waals surface area contributed by atoms with Crippen LogP contribution in [0.4, 0.5) is 0 Å². The Kier molecular flexibility index (Phi) is 14.1. The Bertz CT molecular complexity index is 667. The number of benzene rings is 2. The van der Waals surface area contributed by atoms with E-state index in [0.717, 1.165) is 12.8 Å². The van der Waals surface area contributed by atoms with Gasteiger partial charge in [-0.1, -0.05) is 127 Å². The summed E-state index contributed by atoms with van der Waals surface area (Å²) < 4.78 is 0. The highest BCUT2D eigenvalue weighted by molar-refractivity contribution is 5.87. The Labute approximate surface area is 186 Å². The van der Waals surface area contributed by atoms with Crippen LogP contribution < -0.4 is 5.73 Å². The second-order valence-electron chi connectivity index (χ2n) is 8.54. The molecule has 0 bridgehead atoms. The number of hydrogen-bond donors (Lipinski definition) is 1. The Hall–Kier alpha value is -1.05. The fourth-order valence-corrected chi connectivity index (χ4v) is 4.44. The molecule has 0 spiro atoms. The molecule has 0 aliphatic rings. The minimum Gasteiger partial charge on any atom is -0.324 e. The molecule has 1 nitrogen and oxygen atoms in total. The van der Waals surface area contributed by atoms with E-state index in [1.165, 1.54) is 98.9 Å². The lowest BCUT2D eigenvalue weighted by Gasteiger charge is -2.19. The zero-order valence-electron chi connectivity index (χ0n) is 18.9. The molecule has 2 rings (SSSR count).